The molecule has 88 valence electrons. The molecule has 3 nitrogen and oxygen atoms in total. The summed E-state index contributed by atoms with van der Waals surface area (Å²) in [6, 6.07) is 16.6. The highest BCUT2D eigenvalue weighted by Crippen LogP contribution is 2.25. The molecular formula is C15H11NO2. The molecule has 2 aromatic carbocycles. The Morgan fingerprint density at radius 3 is 2.56 bits per heavy atom. The van der Waals surface area contributed by atoms with Gasteiger partial charge >= 0.3 is 5.63 Å². The quantitative estimate of drug-likeness (QED) is 0.522. The van der Waals surface area contributed by atoms with Crippen molar-refractivity contribution in [2.75, 3.05) is 5.73 Å². The molecule has 0 aliphatic heterocycles. The fourth-order valence-corrected chi connectivity index (χ4v) is 1.97. The van der Waals surface area contributed by atoms with Gasteiger partial charge in [-0.2, -0.15) is 0 Å². The monoisotopic (exact) mass is 237 g/mol. The maximum absolute atomic E-state index is 11.1. The molecule has 0 fully saturated rings. The van der Waals surface area contributed by atoms with Gasteiger partial charge in [-0.25, -0.2) is 4.79 Å². The molecule has 0 amide bonds. The molecule has 0 spiro atoms. The zero-order chi connectivity index (χ0) is 12.5. The third kappa shape index (κ3) is 1.86. The molecule has 3 rings (SSSR count). The van der Waals surface area contributed by atoms with Gasteiger partial charge in [0.05, 0.1) is 0 Å². The van der Waals surface area contributed by atoms with Crippen LogP contribution in [-0.2, 0) is 0 Å². The Hall–Kier alpha value is -2.55. The fourth-order valence-electron chi connectivity index (χ4n) is 1.97. The van der Waals surface area contributed by atoms with Crippen LogP contribution in [0.4, 0.5) is 5.69 Å². The second-order valence-corrected chi connectivity index (χ2v) is 4.13. The van der Waals surface area contributed by atoms with E-state index in [-0.39, 0.29) is 5.63 Å². The van der Waals surface area contributed by atoms with Gasteiger partial charge in [-0.15, -0.1) is 0 Å². The van der Waals surface area contributed by atoms with Gasteiger partial charge in [0, 0.05) is 17.1 Å². The number of hydrogen-bond donors (Lipinski definition) is 1. The van der Waals surface area contributed by atoms with E-state index < -0.39 is 0 Å². The molecule has 3 aromatic rings. The molecule has 0 aliphatic rings. The summed E-state index contributed by atoms with van der Waals surface area (Å²) in [4.78, 5) is 11.1. The maximum atomic E-state index is 11.1. The van der Waals surface area contributed by atoms with Crippen LogP contribution in [0.2, 0.25) is 0 Å². The van der Waals surface area contributed by atoms with Crippen molar-refractivity contribution in [1.82, 2.24) is 0 Å². The van der Waals surface area contributed by atoms with Crippen LogP contribution >= 0.6 is 0 Å². The predicted molar refractivity (Wildman–Crippen MR) is 72.3 cm³/mol. The molecule has 0 saturated carbocycles. The van der Waals surface area contributed by atoms with Crippen LogP contribution in [0.3, 0.4) is 0 Å². The van der Waals surface area contributed by atoms with Crippen molar-refractivity contribution in [3.8, 4) is 11.1 Å². The highest BCUT2D eigenvalue weighted by atomic mass is 16.4. The fraction of sp³-hybridized carbons (Fsp3) is 0. The summed E-state index contributed by atoms with van der Waals surface area (Å²) >= 11 is 0. The van der Waals surface area contributed by atoms with E-state index in [0.717, 1.165) is 22.2 Å². The van der Waals surface area contributed by atoms with E-state index in [1.54, 1.807) is 12.1 Å². The standard InChI is InChI=1S/C15H11NO2/c16-13-3-1-2-10(9-13)11-4-6-14-12(8-11)5-7-15(17)18-14/h1-9H,16H2. The summed E-state index contributed by atoms with van der Waals surface area (Å²) in [6.07, 6.45) is 0. The number of fused-ring (bicyclic) bond motifs is 1. The molecule has 0 atom stereocenters. The molecule has 3 heteroatoms. The van der Waals surface area contributed by atoms with E-state index in [1.165, 1.54) is 6.07 Å². The minimum absolute atomic E-state index is 0.334. The first-order valence-corrected chi connectivity index (χ1v) is 5.62. The van der Waals surface area contributed by atoms with E-state index in [2.05, 4.69) is 0 Å². The Morgan fingerprint density at radius 1 is 0.889 bits per heavy atom. The molecular weight excluding hydrogens is 226 g/mol. The van der Waals surface area contributed by atoms with Gasteiger partial charge in [0.15, 0.2) is 0 Å². The van der Waals surface area contributed by atoms with Crippen LogP contribution in [0.1, 0.15) is 0 Å². The summed E-state index contributed by atoms with van der Waals surface area (Å²) in [5.41, 5.74) is 8.85. The predicted octanol–water partition coefficient (Wildman–Crippen LogP) is 3.04. The average Bonchev–Trinajstić information content (AvgIpc) is 2.38. The van der Waals surface area contributed by atoms with Crippen LogP contribution in [0, 0.1) is 0 Å². The zero-order valence-corrected chi connectivity index (χ0v) is 9.59. The number of benzene rings is 2. The lowest BCUT2D eigenvalue weighted by atomic mass is 10.0. The number of hydrogen-bond acceptors (Lipinski definition) is 3. The molecule has 1 aromatic heterocycles. The summed E-state index contributed by atoms with van der Waals surface area (Å²) in [6.45, 7) is 0. The normalized spacial score (nSPS) is 10.7. The molecule has 1 heterocycles. The van der Waals surface area contributed by atoms with Gasteiger partial charge in [-0.05, 0) is 41.5 Å². The molecule has 0 bridgehead atoms. The van der Waals surface area contributed by atoms with Crippen LogP contribution in [0.25, 0.3) is 22.1 Å². The summed E-state index contributed by atoms with van der Waals surface area (Å²) in [5.74, 6) is 0. The van der Waals surface area contributed by atoms with Crippen molar-refractivity contribution in [1.29, 1.82) is 0 Å². The van der Waals surface area contributed by atoms with Crippen molar-refractivity contribution >= 4 is 16.7 Å². The third-order valence-electron chi connectivity index (χ3n) is 2.84. The Morgan fingerprint density at radius 2 is 1.72 bits per heavy atom. The molecule has 2 N–H and O–H groups in total. The lowest BCUT2D eigenvalue weighted by Gasteiger charge is -2.04. The zero-order valence-electron chi connectivity index (χ0n) is 9.59. The molecule has 0 saturated heterocycles. The van der Waals surface area contributed by atoms with Crippen molar-refractivity contribution in [2.24, 2.45) is 0 Å². The van der Waals surface area contributed by atoms with Gasteiger partial charge in [0.25, 0.3) is 0 Å². The van der Waals surface area contributed by atoms with E-state index in [0.29, 0.717) is 5.58 Å². The van der Waals surface area contributed by atoms with Crippen molar-refractivity contribution < 1.29 is 4.42 Å². The van der Waals surface area contributed by atoms with Crippen molar-refractivity contribution in [2.45, 2.75) is 0 Å². The first kappa shape index (κ1) is 10.6. The van der Waals surface area contributed by atoms with E-state index in [4.69, 9.17) is 10.2 Å². The second-order valence-electron chi connectivity index (χ2n) is 4.13. The Bertz CT molecular complexity index is 775. The van der Waals surface area contributed by atoms with Crippen LogP contribution in [0.5, 0.6) is 0 Å². The minimum atomic E-state index is -0.334. The number of nitrogens with two attached hydrogens (primary N) is 1. The topological polar surface area (TPSA) is 56.2 Å². The average molecular weight is 237 g/mol. The Kier molecular flexibility index (Phi) is 2.38. The van der Waals surface area contributed by atoms with Crippen molar-refractivity contribution in [3.63, 3.8) is 0 Å². The lowest BCUT2D eigenvalue weighted by Crippen LogP contribution is -1.94. The summed E-state index contributed by atoms with van der Waals surface area (Å²) in [7, 11) is 0. The highest BCUT2D eigenvalue weighted by molar-refractivity contribution is 5.83. The molecule has 18 heavy (non-hydrogen) atoms. The van der Waals surface area contributed by atoms with Gasteiger partial charge in [0.2, 0.25) is 0 Å². The first-order valence-electron chi connectivity index (χ1n) is 5.62. The minimum Gasteiger partial charge on any atom is -0.423 e. The van der Waals surface area contributed by atoms with Gasteiger partial charge in [-0.1, -0.05) is 18.2 Å². The van der Waals surface area contributed by atoms with E-state index >= 15 is 0 Å². The van der Waals surface area contributed by atoms with Crippen LogP contribution in [0.15, 0.2) is 63.8 Å². The molecule has 0 aliphatic carbocycles. The summed E-state index contributed by atoms with van der Waals surface area (Å²) < 4.78 is 5.10. The van der Waals surface area contributed by atoms with Gasteiger partial charge in [-0.3, -0.25) is 0 Å². The van der Waals surface area contributed by atoms with Crippen LogP contribution in [-0.4, -0.2) is 0 Å². The molecule has 0 radical (unpaired) electrons. The van der Waals surface area contributed by atoms with Gasteiger partial charge in [0.1, 0.15) is 5.58 Å². The highest BCUT2D eigenvalue weighted by Gasteiger charge is 2.01. The second kappa shape index (κ2) is 4.04. The van der Waals surface area contributed by atoms with Crippen LogP contribution < -0.4 is 11.4 Å². The largest absolute Gasteiger partial charge is 0.423 e. The summed E-state index contributed by atoms with van der Waals surface area (Å²) in [5, 5.41) is 0.898. The number of anilines is 1. The van der Waals surface area contributed by atoms with E-state index in [1.807, 2.05) is 36.4 Å². The van der Waals surface area contributed by atoms with Gasteiger partial charge < -0.3 is 10.2 Å². The Balaban J connectivity index is 2.19. The van der Waals surface area contributed by atoms with Crippen molar-refractivity contribution in [3.05, 3.63) is 65.0 Å². The number of rotatable bonds is 1. The Labute approximate surface area is 103 Å². The molecule has 0 unspecified atom stereocenters. The lowest BCUT2D eigenvalue weighted by molar-refractivity contribution is 0.561. The smallest absolute Gasteiger partial charge is 0.336 e. The maximum Gasteiger partial charge on any atom is 0.336 e. The van der Waals surface area contributed by atoms with E-state index in [9.17, 15) is 4.79 Å². The SMILES string of the molecule is Nc1cccc(-c2ccc3oc(=O)ccc3c2)c1. The first-order chi connectivity index (χ1) is 8.72. The number of nitrogen functional groups attached to an aromatic ring is 1. The third-order valence-corrected chi connectivity index (χ3v) is 2.84.